The number of hydrogen-bond acceptors (Lipinski definition) is 7. The van der Waals surface area contributed by atoms with Crippen molar-refractivity contribution < 1.29 is 19.1 Å². The van der Waals surface area contributed by atoms with Gasteiger partial charge in [-0.05, 0) is 81.6 Å². The summed E-state index contributed by atoms with van der Waals surface area (Å²) >= 11 is 0. The lowest BCUT2D eigenvalue weighted by atomic mass is 10.0. The number of anilines is 1. The van der Waals surface area contributed by atoms with Crippen LogP contribution in [0.3, 0.4) is 0 Å². The maximum atomic E-state index is 13.6. The quantitative estimate of drug-likeness (QED) is 0.167. The number of aromatic amines is 2. The molecule has 0 spiro atoms. The van der Waals surface area contributed by atoms with Gasteiger partial charge in [0.2, 0.25) is 17.8 Å². The van der Waals surface area contributed by atoms with E-state index in [0.717, 1.165) is 77.4 Å². The summed E-state index contributed by atoms with van der Waals surface area (Å²) in [6.45, 7) is 18.9. The molecule has 0 bridgehead atoms. The number of rotatable bonds is 13. The highest BCUT2D eigenvalue weighted by Crippen LogP contribution is 2.33. The molecule has 0 aliphatic carbocycles. The second-order valence-corrected chi connectivity index (χ2v) is 14.0. The summed E-state index contributed by atoms with van der Waals surface area (Å²) in [6.07, 6.45) is 10.6. The Kier molecular flexibility index (Phi) is 12.4. The molecule has 3 N–H and O–H groups in total. The number of carbonyl (C=O) groups is 3. The molecule has 1 aromatic carbocycles. The van der Waals surface area contributed by atoms with Gasteiger partial charge in [0, 0.05) is 31.8 Å². The van der Waals surface area contributed by atoms with Crippen molar-refractivity contribution in [3.63, 3.8) is 0 Å². The van der Waals surface area contributed by atoms with Gasteiger partial charge < -0.3 is 34.7 Å². The number of alkyl carbamates (subject to hydrolysis) is 1. The average Bonchev–Trinajstić information content (AvgIpc) is 3.97. The van der Waals surface area contributed by atoms with Crippen LogP contribution in [0.15, 0.2) is 61.0 Å². The van der Waals surface area contributed by atoms with E-state index in [1.165, 1.54) is 7.11 Å². The van der Waals surface area contributed by atoms with Crippen LogP contribution in [0, 0.1) is 5.92 Å². The molecule has 3 atom stereocenters. The zero-order valence-corrected chi connectivity index (χ0v) is 31.7. The largest absolute Gasteiger partial charge is 0.453 e. The lowest BCUT2D eigenvalue weighted by Crippen LogP contribution is -2.51. The number of amides is 3. The highest BCUT2D eigenvalue weighted by Gasteiger charge is 2.38. The summed E-state index contributed by atoms with van der Waals surface area (Å²) in [5, 5.41) is 2.70. The van der Waals surface area contributed by atoms with E-state index in [0.29, 0.717) is 25.5 Å². The summed E-state index contributed by atoms with van der Waals surface area (Å²) < 4.78 is 4.76. The molecule has 5 rings (SSSR count). The highest BCUT2D eigenvalue weighted by atomic mass is 16.5. The van der Waals surface area contributed by atoms with Gasteiger partial charge >= 0.3 is 6.09 Å². The number of benzene rings is 1. The fourth-order valence-electron chi connectivity index (χ4n) is 7.14. The highest BCUT2D eigenvalue weighted by molar-refractivity contribution is 5.87. The maximum absolute atomic E-state index is 13.6. The van der Waals surface area contributed by atoms with E-state index in [9.17, 15) is 14.4 Å². The van der Waals surface area contributed by atoms with Gasteiger partial charge in [0.25, 0.3) is 0 Å². The molecule has 3 amide bonds. The zero-order chi connectivity index (χ0) is 37.5. The molecule has 4 heterocycles. The van der Waals surface area contributed by atoms with Gasteiger partial charge in [-0.2, -0.15) is 0 Å². The summed E-state index contributed by atoms with van der Waals surface area (Å²) in [7, 11) is 1.29. The minimum Gasteiger partial charge on any atom is -0.453 e. The van der Waals surface area contributed by atoms with Crippen LogP contribution >= 0.6 is 0 Å². The first-order valence-corrected chi connectivity index (χ1v) is 18.4. The molecule has 2 fully saturated rings. The van der Waals surface area contributed by atoms with Gasteiger partial charge in [-0.15, -0.1) is 0 Å². The number of ether oxygens (including phenoxy) is 1. The summed E-state index contributed by atoms with van der Waals surface area (Å²) in [5.41, 5.74) is 6.71. The number of nitrogens with zero attached hydrogens (tertiary/aromatic N) is 5. The molecule has 0 saturated carbocycles. The number of H-pyrrole nitrogens is 2. The van der Waals surface area contributed by atoms with Crippen LogP contribution in [0.2, 0.25) is 0 Å². The summed E-state index contributed by atoms with van der Waals surface area (Å²) in [5.74, 6) is 1.37. The standard InChI is InChI=1S/C40H54N8O4/c1-9-46(10-2)37(49)34-14-12-22-48(34)39-42-23-31(44-39)29-18-16-28(17-19-29)27(7)15-20-30(25(3)4)32-24-41-36(43-32)33-13-11-21-47(33)38(50)35(26(5)6)45-40(51)52-8/h15-20,23-24,26,33-35H,3,9-14,21-22H2,1-2,4-8H3,(H,41,43)(H,42,44)(H,45,51)/b27-15+,30-20+. The first-order valence-electron chi connectivity index (χ1n) is 18.4. The Labute approximate surface area is 307 Å². The predicted molar refractivity (Wildman–Crippen MR) is 205 cm³/mol. The van der Waals surface area contributed by atoms with Crippen molar-refractivity contribution >= 4 is 35.0 Å². The van der Waals surface area contributed by atoms with Crippen molar-refractivity contribution in [1.82, 2.24) is 35.1 Å². The number of hydrogen-bond donors (Lipinski definition) is 3. The molecule has 3 aromatic rings. The Morgan fingerprint density at radius 2 is 1.73 bits per heavy atom. The maximum Gasteiger partial charge on any atom is 0.407 e. The molecule has 12 nitrogen and oxygen atoms in total. The van der Waals surface area contributed by atoms with Gasteiger partial charge in [0.1, 0.15) is 17.9 Å². The molecular formula is C40H54N8O4. The molecule has 2 aromatic heterocycles. The van der Waals surface area contributed by atoms with Crippen molar-refractivity contribution in [3.8, 4) is 11.3 Å². The van der Waals surface area contributed by atoms with E-state index in [-0.39, 0.29) is 29.8 Å². The van der Waals surface area contributed by atoms with Crippen molar-refractivity contribution in [2.24, 2.45) is 5.92 Å². The molecule has 0 radical (unpaired) electrons. The van der Waals surface area contributed by atoms with Crippen molar-refractivity contribution in [3.05, 3.63) is 78.0 Å². The average molecular weight is 711 g/mol. The summed E-state index contributed by atoms with van der Waals surface area (Å²) in [4.78, 5) is 60.8. The van der Waals surface area contributed by atoms with Crippen LogP contribution in [0.25, 0.3) is 22.4 Å². The van der Waals surface area contributed by atoms with Gasteiger partial charge in [0.05, 0.1) is 36.9 Å². The van der Waals surface area contributed by atoms with Gasteiger partial charge in [-0.25, -0.2) is 14.8 Å². The summed E-state index contributed by atoms with van der Waals surface area (Å²) in [6, 6.07) is 7.26. The topological polar surface area (TPSA) is 140 Å². The minimum absolute atomic E-state index is 0.105. The number of imidazole rings is 2. The van der Waals surface area contributed by atoms with E-state index < -0.39 is 12.1 Å². The number of aromatic nitrogens is 4. The Morgan fingerprint density at radius 3 is 2.38 bits per heavy atom. The van der Waals surface area contributed by atoms with Crippen LogP contribution in [-0.4, -0.2) is 93.0 Å². The van der Waals surface area contributed by atoms with E-state index in [2.05, 4.69) is 69.0 Å². The molecular weight excluding hydrogens is 656 g/mol. The van der Waals surface area contributed by atoms with Crippen molar-refractivity contribution in [2.45, 2.75) is 85.4 Å². The second-order valence-electron chi connectivity index (χ2n) is 14.0. The van der Waals surface area contributed by atoms with Gasteiger partial charge in [-0.1, -0.05) is 56.8 Å². The second kappa shape index (κ2) is 16.9. The Hall–Kier alpha value is -5.13. The van der Waals surface area contributed by atoms with E-state index in [1.54, 1.807) is 6.20 Å². The first-order chi connectivity index (χ1) is 25.0. The van der Waals surface area contributed by atoms with E-state index >= 15 is 0 Å². The Balaban J connectivity index is 1.29. The monoisotopic (exact) mass is 710 g/mol. The van der Waals surface area contributed by atoms with Crippen LogP contribution in [0.1, 0.15) is 90.3 Å². The molecule has 52 heavy (non-hydrogen) atoms. The predicted octanol–water partition coefficient (Wildman–Crippen LogP) is 6.74. The van der Waals surface area contributed by atoms with Gasteiger partial charge in [0.15, 0.2) is 0 Å². The van der Waals surface area contributed by atoms with Gasteiger partial charge in [-0.3, -0.25) is 9.59 Å². The fraction of sp³-hybridized carbons (Fsp3) is 0.475. The van der Waals surface area contributed by atoms with Crippen LogP contribution in [0.5, 0.6) is 0 Å². The van der Waals surface area contributed by atoms with Crippen molar-refractivity contribution in [2.75, 3.05) is 38.2 Å². The smallest absolute Gasteiger partial charge is 0.407 e. The number of likely N-dealkylation sites (N-methyl/N-ethyl adjacent to an activating group) is 1. The lowest BCUT2D eigenvalue weighted by molar-refractivity contribution is -0.135. The van der Waals surface area contributed by atoms with Crippen LogP contribution in [0.4, 0.5) is 10.7 Å². The van der Waals surface area contributed by atoms with E-state index in [4.69, 9.17) is 9.72 Å². The van der Waals surface area contributed by atoms with E-state index in [1.807, 2.05) is 56.7 Å². The molecule has 2 aliphatic heterocycles. The third-order valence-electron chi connectivity index (χ3n) is 10.2. The number of carbonyl (C=O) groups excluding carboxylic acids is 3. The number of methoxy groups -OCH3 is 1. The molecule has 2 saturated heterocycles. The number of likely N-dealkylation sites (tertiary alicyclic amines) is 1. The third-order valence-corrected chi connectivity index (χ3v) is 10.2. The van der Waals surface area contributed by atoms with Crippen molar-refractivity contribution in [1.29, 1.82) is 0 Å². The normalized spacial score (nSPS) is 18.5. The molecule has 2 aliphatic rings. The fourth-order valence-corrected chi connectivity index (χ4v) is 7.14. The zero-order valence-electron chi connectivity index (χ0n) is 31.7. The molecule has 278 valence electrons. The number of nitrogens with one attached hydrogen (secondary N) is 3. The Morgan fingerprint density at radius 1 is 1.02 bits per heavy atom. The minimum atomic E-state index is -0.690. The van der Waals surface area contributed by atoms with Crippen LogP contribution < -0.4 is 10.2 Å². The molecule has 3 unspecified atom stereocenters. The molecule has 12 heteroatoms. The van der Waals surface area contributed by atoms with Crippen LogP contribution in [-0.2, 0) is 14.3 Å². The lowest BCUT2D eigenvalue weighted by Gasteiger charge is -2.30. The third kappa shape index (κ3) is 8.32. The first kappa shape index (κ1) is 38.1. The number of allylic oxidation sites excluding steroid dienone is 5. The SMILES string of the molecule is C=C(C)/C(=C\C=C(/C)c1ccc(-c2cnc(N3CCCC3C(=O)N(CC)CC)[nH]2)cc1)c1cnc(C2CCCN2C(=O)C(NC(=O)OC)C(C)C)[nH]1. The Bertz CT molecular complexity index is 1800.